The zero-order valence-corrected chi connectivity index (χ0v) is 16.7. The molecule has 0 spiro atoms. The molecule has 0 fully saturated rings. The number of ether oxygens (including phenoxy) is 2. The summed E-state index contributed by atoms with van der Waals surface area (Å²) in [6, 6.07) is 6.64. The number of amides is 1. The summed E-state index contributed by atoms with van der Waals surface area (Å²) in [4.78, 5) is 16.4. The van der Waals surface area contributed by atoms with Crippen LogP contribution >= 0.6 is 0 Å². The Hall–Kier alpha value is -3.23. The highest BCUT2D eigenvalue weighted by Crippen LogP contribution is 2.38. The van der Waals surface area contributed by atoms with Gasteiger partial charge in [-0.2, -0.15) is 13.2 Å². The fourth-order valence-corrected chi connectivity index (χ4v) is 3.74. The largest absolute Gasteiger partial charge is 0.486 e. The normalized spacial score (nSPS) is 13.5. The van der Waals surface area contributed by atoms with Crippen LogP contribution in [0.3, 0.4) is 0 Å². The minimum atomic E-state index is -4.72. The molecule has 0 atom stereocenters. The van der Waals surface area contributed by atoms with Crippen LogP contribution < -0.4 is 14.8 Å². The van der Waals surface area contributed by atoms with Gasteiger partial charge < -0.3 is 19.4 Å². The second kappa shape index (κ2) is 7.23. The van der Waals surface area contributed by atoms with Gasteiger partial charge >= 0.3 is 6.18 Å². The van der Waals surface area contributed by atoms with Crippen molar-refractivity contribution in [2.45, 2.75) is 33.5 Å². The van der Waals surface area contributed by atoms with Crippen molar-refractivity contribution in [2.24, 2.45) is 0 Å². The van der Waals surface area contributed by atoms with Gasteiger partial charge in [-0.1, -0.05) is 17.7 Å². The number of nitrogens with one attached hydrogen (secondary N) is 1. The molecule has 1 aliphatic rings. The minimum Gasteiger partial charge on any atom is -0.486 e. The number of aryl methyl sites for hydroxylation is 3. The third-order valence-electron chi connectivity index (χ3n) is 4.91. The second-order valence-corrected chi connectivity index (χ2v) is 7.33. The number of halogens is 3. The minimum absolute atomic E-state index is 0.0853. The van der Waals surface area contributed by atoms with Gasteiger partial charge in [0, 0.05) is 17.8 Å². The second-order valence-electron chi connectivity index (χ2n) is 7.33. The van der Waals surface area contributed by atoms with Crippen molar-refractivity contribution in [1.29, 1.82) is 0 Å². The summed E-state index contributed by atoms with van der Waals surface area (Å²) in [6.07, 6.45) is -4.72. The summed E-state index contributed by atoms with van der Waals surface area (Å²) < 4.78 is 52.7. The molecule has 0 saturated carbocycles. The maximum Gasteiger partial charge on any atom is 0.449 e. The van der Waals surface area contributed by atoms with Gasteiger partial charge in [0.2, 0.25) is 11.7 Å². The summed E-state index contributed by atoms with van der Waals surface area (Å²) in [5, 5.41) is 2.74. The van der Waals surface area contributed by atoms with E-state index in [2.05, 4.69) is 10.3 Å². The number of rotatable bonds is 3. The maximum absolute atomic E-state index is 13.6. The van der Waals surface area contributed by atoms with E-state index >= 15 is 0 Å². The van der Waals surface area contributed by atoms with E-state index in [0.717, 1.165) is 21.3 Å². The lowest BCUT2D eigenvalue weighted by Crippen LogP contribution is -2.24. The average molecular weight is 419 g/mol. The molecule has 1 N–H and O–H groups in total. The Bertz CT molecular complexity index is 1130. The molecule has 0 unspecified atom stereocenters. The molecule has 4 rings (SSSR count). The molecule has 2 aromatic carbocycles. The first-order valence-corrected chi connectivity index (χ1v) is 9.38. The molecule has 0 aliphatic carbocycles. The van der Waals surface area contributed by atoms with E-state index in [1.54, 1.807) is 0 Å². The van der Waals surface area contributed by atoms with E-state index < -0.39 is 24.5 Å². The van der Waals surface area contributed by atoms with Crippen LogP contribution in [0.15, 0.2) is 24.3 Å². The van der Waals surface area contributed by atoms with Gasteiger partial charge in [0.05, 0.1) is 11.0 Å². The molecule has 0 bridgehead atoms. The fraction of sp³-hybridized carbons (Fsp3) is 0.333. The lowest BCUT2D eigenvalue weighted by Gasteiger charge is -2.18. The molecule has 3 aromatic rings. The molecule has 1 amide bonds. The summed E-state index contributed by atoms with van der Waals surface area (Å²) >= 11 is 0. The Morgan fingerprint density at radius 2 is 1.67 bits per heavy atom. The van der Waals surface area contributed by atoms with Crippen LogP contribution in [0.2, 0.25) is 0 Å². The van der Waals surface area contributed by atoms with E-state index in [0.29, 0.717) is 30.4 Å². The van der Waals surface area contributed by atoms with Gasteiger partial charge in [0.25, 0.3) is 0 Å². The summed E-state index contributed by atoms with van der Waals surface area (Å²) in [5.74, 6) is -1.06. The molecule has 0 saturated heterocycles. The molecular formula is C21H20F3N3O3. The number of fused-ring (bicyclic) bond motifs is 2. The van der Waals surface area contributed by atoms with Gasteiger partial charge in [-0.15, -0.1) is 0 Å². The standard InChI is InChI=1S/C21H20F3N3O3/c1-11-6-12(2)19(13(3)7-11)26-18(28)10-27-15-9-17-16(29-4-5-30-17)8-14(15)25-20(27)21(22,23)24/h6-9H,4-5,10H2,1-3H3,(H,26,28). The zero-order valence-electron chi connectivity index (χ0n) is 16.7. The number of imidazole rings is 1. The van der Waals surface area contributed by atoms with Gasteiger partial charge in [-0.25, -0.2) is 4.98 Å². The van der Waals surface area contributed by atoms with E-state index in [1.165, 1.54) is 12.1 Å². The number of carbonyl (C=O) groups excluding carboxylic acids is 1. The smallest absolute Gasteiger partial charge is 0.449 e. The number of anilines is 1. The van der Waals surface area contributed by atoms with E-state index in [9.17, 15) is 18.0 Å². The number of hydrogen-bond donors (Lipinski definition) is 1. The topological polar surface area (TPSA) is 65.4 Å². The number of nitrogens with zero attached hydrogens (tertiary/aromatic N) is 2. The predicted molar refractivity (Wildman–Crippen MR) is 105 cm³/mol. The number of hydrogen-bond acceptors (Lipinski definition) is 4. The molecule has 9 heteroatoms. The Kier molecular flexibility index (Phi) is 4.83. The molecule has 0 radical (unpaired) electrons. The Labute approximate surface area is 170 Å². The van der Waals surface area contributed by atoms with Crippen molar-refractivity contribution in [3.8, 4) is 11.5 Å². The first-order valence-electron chi connectivity index (χ1n) is 9.38. The molecule has 1 aliphatic heterocycles. The lowest BCUT2D eigenvalue weighted by atomic mass is 10.1. The van der Waals surface area contributed by atoms with Crippen LogP contribution in [-0.2, 0) is 17.5 Å². The van der Waals surface area contributed by atoms with Crippen LogP contribution in [0.5, 0.6) is 11.5 Å². The first-order chi connectivity index (χ1) is 14.1. The maximum atomic E-state index is 13.6. The van der Waals surface area contributed by atoms with Crippen molar-refractivity contribution < 1.29 is 27.4 Å². The summed E-state index contributed by atoms with van der Waals surface area (Å²) in [7, 11) is 0. The SMILES string of the molecule is Cc1cc(C)c(NC(=O)Cn2c(C(F)(F)F)nc3cc4c(cc32)OCCO4)c(C)c1. The van der Waals surface area contributed by atoms with Crippen molar-refractivity contribution >= 4 is 22.6 Å². The molecule has 30 heavy (non-hydrogen) atoms. The van der Waals surface area contributed by atoms with Gasteiger partial charge in [0.1, 0.15) is 19.8 Å². The molecular weight excluding hydrogens is 399 g/mol. The Balaban J connectivity index is 1.73. The number of alkyl halides is 3. The summed E-state index contributed by atoms with van der Waals surface area (Å²) in [5.41, 5.74) is 3.55. The van der Waals surface area contributed by atoms with Gasteiger partial charge in [-0.05, 0) is 31.9 Å². The highest BCUT2D eigenvalue weighted by molar-refractivity contribution is 5.93. The quantitative estimate of drug-likeness (QED) is 0.684. The van der Waals surface area contributed by atoms with Crippen molar-refractivity contribution in [1.82, 2.24) is 9.55 Å². The zero-order chi connectivity index (χ0) is 21.6. The van der Waals surface area contributed by atoms with Gasteiger partial charge in [0.15, 0.2) is 11.5 Å². The fourth-order valence-electron chi connectivity index (χ4n) is 3.74. The molecule has 158 valence electrons. The van der Waals surface area contributed by atoms with Crippen molar-refractivity contribution in [2.75, 3.05) is 18.5 Å². The average Bonchev–Trinajstić information content (AvgIpc) is 3.00. The predicted octanol–water partition coefficient (Wildman–Crippen LogP) is 4.39. The van der Waals surface area contributed by atoms with E-state index in [4.69, 9.17) is 9.47 Å². The highest BCUT2D eigenvalue weighted by atomic mass is 19.4. The van der Waals surface area contributed by atoms with Crippen molar-refractivity contribution in [3.63, 3.8) is 0 Å². The van der Waals surface area contributed by atoms with Gasteiger partial charge in [-0.3, -0.25) is 4.79 Å². The third-order valence-corrected chi connectivity index (χ3v) is 4.91. The lowest BCUT2D eigenvalue weighted by molar-refractivity contribution is -0.147. The molecule has 6 nitrogen and oxygen atoms in total. The van der Waals surface area contributed by atoms with E-state index in [-0.39, 0.29) is 11.0 Å². The van der Waals surface area contributed by atoms with Crippen LogP contribution in [-0.4, -0.2) is 28.7 Å². The highest BCUT2D eigenvalue weighted by Gasteiger charge is 2.38. The Morgan fingerprint density at radius 1 is 1.07 bits per heavy atom. The monoisotopic (exact) mass is 419 g/mol. The van der Waals surface area contributed by atoms with Crippen LogP contribution in [0.1, 0.15) is 22.5 Å². The number of carbonyl (C=O) groups is 1. The number of benzene rings is 2. The summed E-state index contributed by atoms with van der Waals surface area (Å²) in [6.45, 7) is 5.68. The van der Waals surface area contributed by atoms with Crippen molar-refractivity contribution in [3.05, 3.63) is 46.8 Å². The first kappa shape index (κ1) is 20.1. The Morgan fingerprint density at radius 3 is 2.27 bits per heavy atom. The van der Waals surface area contributed by atoms with Crippen LogP contribution in [0, 0.1) is 20.8 Å². The van der Waals surface area contributed by atoms with Crippen LogP contribution in [0.25, 0.3) is 11.0 Å². The molecule has 2 heterocycles. The number of aromatic nitrogens is 2. The molecule has 1 aromatic heterocycles. The van der Waals surface area contributed by atoms with E-state index in [1.807, 2.05) is 32.9 Å². The van der Waals surface area contributed by atoms with Crippen LogP contribution in [0.4, 0.5) is 18.9 Å². The third kappa shape index (κ3) is 3.67.